The summed E-state index contributed by atoms with van der Waals surface area (Å²) in [6.07, 6.45) is 0. The number of nitrogens with zero attached hydrogens (tertiary/aromatic N) is 1. The van der Waals surface area contributed by atoms with Crippen molar-refractivity contribution in [3.8, 4) is 11.3 Å². The summed E-state index contributed by atoms with van der Waals surface area (Å²) in [5.74, 6) is -0.232. The minimum atomic E-state index is -1.66. The van der Waals surface area contributed by atoms with Crippen molar-refractivity contribution in [1.29, 1.82) is 0 Å². The van der Waals surface area contributed by atoms with Crippen LogP contribution in [0.4, 0.5) is 4.39 Å². The second-order valence-electron chi connectivity index (χ2n) is 10.4. The zero-order valence-corrected chi connectivity index (χ0v) is 21.8. The summed E-state index contributed by atoms with van der Waals surface area (Å²) in [5.41, 5.74) is 9.24. The van der Waals surface area contributed by atoms with Crippen molar-refractivity contribution >= 4 is 46.1 Å². The van der Waals surface area contributed by atoms with Gasteiger partial charge in [-0.15, -0.1) is 0 Å². The van der Waals surface area contributed by atoms with Crippen LogP contribution in [0, 0.1) is 33.5 Å². The van der Waals surface area contributed by atoms with Crippen LogP contribution in [-0.2, 0) is 7.05 Å². The molecule has 0 aliphatic rings. The Morgan fingerprint density at radius 3 is 2.24 bits per heavy atom. The Morgan fingerprint density at radius 2 is 1.55 bits per heavy atom. The number of hydrogen-bond acceptors (Lipinski definition) is 1. The van der Waals surface area contributed by atoms with Crippen molar-refractivity contribution in [2.75, 3.05) is 0 Å². The van der Waals surface area contributed by atoms with E-state index in [2.05, 4.69) is 82.4 Å². The molecular formula is C29H31FNOSi+. The van der Waals surface area contributed by atoms with Crippen LogP contribution >= 0.6 is 0 Å². The molecule has 168 valence electrons. The zero-order chi connectivity index (χ0) is 23.8. The van der Waals surface area contributed by atoms with Gasteiger partial charge in [0.25, 0.3) is 0 Å². The fourth-order valence-electron chi connectivity index (χ4n) is 5.17. The van der Waals surface area contributed by atoms with Gasteiger partial charge in [0, 0.05) is 33.9 Å². The molecule has 4 heteroatoms. The van der Waals surface area contributed by atoms with Gasteiger partial charge in [-0.3, -0.25) is 0 Å². The molecule has 5 aromatic rings. The van der Waals surface area contributed by atoms with Crippen LogP contribution < -0.4 is 9.75 Å². The minimum absolute atomic E-state index is 0.232. The first-order valence-corrected chi connectivity index (χ1v) is 15.1. The molecule has 0 aliphatic carbocycles. The van der Waals surface area contributed by atoms with E-state index in [0.29, 0.717) is 11.1 Å². The molecule has 0 atom stereocenters. The first kappa shape index (κ1) is 21.8. The van der Waals surface area contributed by atoms with Gasteiger partial charge >= 0.3 is 0 Å². The Balaban J connectivity index is 2.00. The van der Waals surface area contributed by atoms with E-state index in [9.17, 15) is 4.39 Å². The molecule has 0 fully saturated rings. The van der Waals surface area contributed by atoms with Crippen molar-refractivity contribution < 1.29 is 13.4 Å². The molecule has 0 radical (unpaired) electrons. The number of hydrogen-bond donors (Lipinski definition) is 0. The molecule has 33 heavy (non-hydrogen) atoms. The highest BCUT2D eigenvalue weighted by molar-refractivity contribution is 6.90. The van der Waals surface area contributed by atoms with Crippen molar-refractivity contribution in [2.45, 2.75) is 47.3 Å². The highest BCUT2D eigenvalue weighted by Crippen LogP contribution is 2.40. The lowest BCUT2D eigenvalue weighted by Crippen LogP contribution is -2.44. The molecule has 2 aromatic heterocycles. The predicted octanol–water partition coefficient (Wildman–Crippen LogP) is 7.15. The SMILES string of the molecule is Cc1cc2c(oc3c(C)c(F)ccc32)c(-c2cc([Si](C)(C)C)c3c(C)cccc3[n+]2C)c1C. The number of benzene rings is 3. The third-order valence-corrected chi connectivity index (χ3v) is 9.23. The lowest BCUT2D eigenvalue weighted by molar-refractivity contribution is -0.633. The van der Waals surface area contributed by atoms with Crippen LogP contribution in [0.3, 0.4) is 0 Å². The third-order valence-electron chi connectivity index (χ3n) is 7.22. The normalized spacial score (nSPS) is 12.4. The molecule has 0 saturated heterocycles. The summed E-state index contributed by atoms with van der Waals surface area (Å²) < 4.78 is 23.1. The Labute approximate surface area is 195 Å². The maximum absolute atomic E-state index is 14.4. The molecule has 5 rings (SSSR count). The quantitative estimate of drug-likeness (QED) is 0.204. The van der Waals surface area contributed by atoms with Gasteiger partial charge in [0.15, 0.2) is 0 Å². The molecule has 2 heterocycles. The van der Waals surface area contributed by atoms with Gasteiger partial charge in [0.05, 0.1) is 13.6 Å². The van der Waals surface area contributed by atoms with Gasteiger partial charge in [0.1, 0.15) is 24.0 Å². The van der Waals surface area contributed by atoms with Crippen LogP contribution in [0.5, 0.6) is 0 Å². The number of furan rings is 1. The number of fused-ring (bicyclic) bond motifs is 4. The van der Waals surface area contributed by atoms with Crippen molar-refractivity contribution in [2.24, 2.45) is 7.05 Å². The van der Waals surface area contributed by atoms with Gasteiger partial charge in [-0.05, 0) is 67.8 Å². The molecule has 0 N–H and O–H groups in total. The van der Waals surface area contributed by atoms with E-state index in [-0.39, 0.29) is 5.82 Å². The molecule has 0 amide bonds. The molecular weight excluding hydrogens is 425 g/mol. The van der Waals surface area contributed by atoms with E-state index < -0.39 is 8.07 Å². The van der Waals surface area contributed by atoms with Crippen LogP contribution in [0.15, 0.2) is 46.9 Å². The van der Waals surface area contributed by atoms with E-state index in [4.69, 9.17) is 4.42 Å². The van der Waals surface area contributed by atoms with Gasteiger partial charge < -0.3 is 4.42 Å². The Morgan fingerprint density at radius 1 is 0.818 bits per heavy atom. The van der Waals surface area contributed by atoms with Crippen molar-refractivity contribution in [3.05, 3.63) is 70.5 Å². The van der Waals surface area contributed by atoms with Gasteiger partial charge in [-0.2, -0.15) is 4.57 Å². The summed E-state index contributed by atoms with van der Waals surface area (Å²) in [4.78, 5) is 0. The summed E-state index contributed by atoms with van der Waals surface area (Å²) >= 11 is 0. The number of halogens is 1. The van der Waals surface area contributed by atoms with E-state index in [0.717, 1.165) is 27.6 Å². The predicted molar refractivity (Wildman–Crippen MR) is 140 cm³/mol. The largest absolute Gasteiger partial charge is 0.455 e. The lowest BCUT2D eigenvalue weighted by Gasteiger charge is -2.21. The molecule has 0 aliphatic heterocycles. The number of aryl methyl sites for hydroxylation is 4. The zero-order valence-electron chi connectivity index (χ0n) is 20.8. The smallest absolute Gasteiger partial charge is 0.216 e. The number of pyridine rings is 1. The summed E-state index contributed by atoms with van der Waals surface area (Å²) in [6.45, 7) is 15.5. The Bertz CT molecular complexity index is 1600. The van der Waals surface area contributed by atoms with Crippen LogP contribution in [0.1, 0.15) is 22.3 Å². The second-order valence-corrected chi connectivity index (χ2v) is 15.5. The first-order valence-electron chi connectivity index (χ1n) is 11.6. The molecule has 3 aromatic carbocycles. The minimum Gasteiger partial charge on any atom is -0.455 e. The van der Waals surface area contributed by atoms with E-state index in [1.165, 1.54) is 32.8 Å². The van der Waals surface area contributed by atoms with Crippen molar-refractivity contribution in [1.82, 2.24) is 0 Å². The average molecular weight is 457 g/mol. The van der Waals surface area contributed by atoms with Crippen LogP contribution in [-0.4, -0.2) is 8.07 Å². The Hall–Kier alpha value is -2.98. The first-order chi connectivity index (χ1) is 15.5. The number of aromatic nitrogens is 1. The molecule has 0 spiro atoms. The van der Waals surface area contributed by atoms with Crippen LogP contribution in [0.2, 0.25) is 19.6 Å². The van der Waals surface area contributed by atoms with Crippen LogP contribution in [0.25, 0.3) is 44.1 Å². The van der Waals surface area contributed by atoms with Crippen molar-refractivity contribution in [3.63, 3.8) is 0 Å². The maximum atomic E-state index is 14.4. The summed E-state index contributed by atoms with van der Waals surface area (Å²) in [6, 6.07) is 14.5. The number of rotatable bonds is 2. The lowest BCUT2D eigenvalue weighted by atomic mass is 9.95. The summed E-state index contributed by atoms with van der Waals surface area (Å²) in [5, 5.41) is 4.84. The molecule has 0 saturated carbocycles. The fourth-order valence-corrected chi connectivity index (χ4v) is 6.81. The molecule has 0 bridgehead atoms. The van der Waals surface area contributed by atoms with E-state index in [1.54, 1.807) is 13.0 Å². The summed E-state index contributed by atoms with van der Waals surface area (Å²) in [7, 11) is 0.489. The van der Waals surface area contributed by atoms with E-state index in [1.807, 2.05) is 6.07 Å². The standard InChI is InChI=1S/C29H31FNOSi/c1-16-10-9-11-23-26(16)25(33(6,7)8)15-24(31(23)5)27-18(3)17(2)14-21-20-12-13-22(30)19(4)28(20)32-29(21)27/h9-15H,1-8H3/q+1. The highest BCUT2D eigenvalue weighted by atomic mass is 28.3. The topological polar surface area (TPSA) is 17.0 Å². The second kappa shape index (κ2) is 7.26. The van der Waals surface area contributed by atoms with Gasteiger partial charge in [-0.1, -0.05) is 31.8 Å². The maximum Gasteiger partial charge on any atom is 0.216 e. The van der Waals surface area contributed by atoms with E-state index >= 15 is 0 Å². The monoisotopic (exact) mass is 456 g/mol. The molecule has 0 unspecified atom stereocenters. The highest BCUT2D eigenvalue weighted by Gasteiger charge is 2.30. The van der Waals surface area contributed by atoms with Gasteiger partial charge in [-0.25, -0.2) is 4.39 Å². The average Bonchev–Trinajstić information content (AvgIpc) is 3.11. The molecule has 2 nitrogen and oxygen atoms in total. The fraction of sp³-hybridized carbons (Fsp3) is 0.276. The third kappa shape index (κ3) is 3.15. The Kier molecular flexibility index (Phi) is 4.80. The van der Waals surface area contributed by atoms with Gasteiger partial charge in [0.2, 0.25) is 11.2 Å².